The number of hydrogen-bond donors (Lipinski definition) is 0. The van der Waals surface area contributed by atoms with Crippen molar-refractivity contribution in [2.45, 2.75) is 52.4 Å². The quantitative estimate of drug-likeness (QED) is 0.503. The maximum atomic E-state index is 12.4. The van der Waals surface area contributed by atoms with Crippen LogP contribution in [0.3, 0.4) is 0 Å². The summed E-state index contributed by atoms with van der Waals surface area (Å²) in [7, 11) is 1.71. The zero-order valence-corrected chi connectivity index (χ0v) is 18.3. The van der Waals surface area contributed by atoms with Crippen LogP contribution in [-0.4, -0.2) is 19.0 Å². The van der Waals surface area contributed by atoms with Gasteiger partial charge in [-0.1, -0.05) is 59.7 Å². The van der Waals surface area contributed by atoms with E-state index in [0.29, 0.717) is 11.6 Å². The largest absolute Gasteiger partial charge is 0.496 e. The number of carbonyl (C=O) groups excluding carboxylic acids is 1. The lowest BCUT2D eigenvalue weighted by Gasteiger charge is -2.29. The highest BCUT2D eigenvalue weighted by atomic mass is 16.6. The molecule has 29 heavy (non-hydrogen) atoms. The normalized spacial score (nSPS) is 16.0. The second-order valence-corrected chi connectivity index (χ2v) is 9.35. The van der Waals surface area contributed by atoms with Gasteiger partial charge in [-0.2, -0.15) is 0 Å². The minimum Gasteiger partial charge on any atom is -0.496 e. The summed E-state index contributed by atoms with van der Waals surface area (Å²) in [6, 6.07) is 13.6. The molecule has 2 aromatic rings. The van der Waals surface area contributed by atoms with E-state index in [1.165, 1.54) is 0 Å². The zero-order valence-electron chi connectivity index (χ0n) is 18.3. The summed E-state index contributed by atoms with van der Waals surface area (Å²) in [5, 5.41) is 0. The SMILES string of the molecule is COc1c(C(C)(C)C)cc(/C=C2/N=C(c3ccccc3)OC2=O)cc1C(C)(C)C. The fourth-order valence-corrected chi connectivity index (χ4v) is 3.34. The lowest BCUT2D eigenvalue weighted by atomic mass is 9.78. The molecule has 0 N–H and O–H groups in total. The van der Waals surface area contributed by atoms with E-state index in [-0.39, 0.29) is 10.8 Å². The third kappa shape index (κ3) is 4.42. The van der Waals surface area contributed by atoms with Crippen molar-refractivity contribution in [3.8, 4) is 5.75 Å². The molecule has 2 aromatic carbocycles. The van der Waals surface area contributed by atoms with E-state index < -0.39 is 5.97 Å². The molecule has 0 bridgehead atoms. The van der Waals surface area contributed by atoms with Crippen molar-refractivity contribution >= 4 is 17.9 Å². The van der Waals surface area contributed by atoms with Crippen LogP contribution in [0, 0.1) is 0 Å². The Bertz CT molecular complexity index is 952. The monoisotopic (exact) mass is 391 g/mol. The van der Waals surface area contributed by atoms with Gasteiger partial charge >= 0.3 is 5.97 Å². The van der Waals surface area contributed by atoms with E-state index in [1.807, 2.05) is 30.3 Å². The van der Waals surface area contributed by atoms with Crippen LogP contribution in [0.4, 0.5) is 0 Å². The van der Waals surface area contributed by atoms with Crippen LogP contribution in [0.15, 0.2) is 53.2 Å². The van der Waals surface area contributed by atoms with Crippen molar-refractivity contribution in [3.05, 3.63) is 70.4 Å². The number of benzene rings is 2. The summed E-state index contributed by atoms with van der Waals surface area (Å²) >= 11 is 0. The Balaban J connectivity index is 2.14. The van der Waals surface area contributed by atoms with Crippen molar-refractivity contribution in [2.75, 3.05) is 7.11 Å². The van der Waals surface area contributed by atoms with Crippen LogP contribution in [0.5, 0.6) is 5.75 Å². The van der Waals surface area contributed by atoms with E-state index in [4.69, 9.17) is 9.47 Å². The van der Waals surface area contributed by atoms with Crippen molar-refractivity contribution in [3.63, 3.8) is 0 Å². The summed E-state index contributed by atoms with van der Waals surface area (Å²) in [5.41, 5.74) is 3.95. The highest BCUT2D eigenvalue weighted by Crippen LogP contribution is 2.41. The Morgan fingerprint density at radius 2 is 1.48 bits per heavy atom. The number of ether oxygens (including phenoxy) is 2. The molecule has 0 saturated heterocycles. The third-order valence-electron chi connectivity index (χ3n) is 4.88. The van der Waals surface area contributed by atoms with Gasteiger partial charge in [-0.05, 0) is 46.7 Å². The van der Waals surface area contributed by atoms with Crippen LogP contribution in [0.1, 0.15) is 63.8 Å². The van der Waals surface area contributed by atoms with Gasteiger partial charge in [0.1, 0.15) is 5.75 Å². The van der Waals surface area contributed by atoms with Gasteiger partial charge in [0.15, 0.2) is 5.70 Å². The highest BCUT2D eigenvalue weighted by Gasteiger charge is 2.28. The maximum absolute atomic E-state index is 12.4. The fraction of sp³-hybridized carbons (Fsp3) is 0.360. The van der Waals surface area contributed by atoms with E-state index in [1.54, 1.807) is 13.2 Å². The molecule has 1 aliphatic heterocycles. The molecular formula is C25H29NO3. The van der Waals surface area contributed by atoms with Crippen LogP contribution in [-0.2, 0) is 20.4 Å². The Labute approximate surface area is 173 Å². The second-order valence-electron chi connectivity index (χ2n) is 9.35. The Morgan fingerprint density at radius 1 is 0.931 bits per heavy atom. The average molecular weight is 392 g/mol. The number of rotatable bonds is 3. The topological polar surface area (TPSA) is 47.9 Å². The lowest BCUT2D eigenvalue weighted by Crippen LogP contribution is -2.19. The summed E-state index contributed by atoms with van der Waals surface area (Å²) in [4.78, 5) is 16.9. The molecule has 0 amide bonds. The van der Waals surface area contributed by atoms with Crippen molar-refractivity contribution in [1.29, 1.82) is 0 Å². The van der Waals surface area contributed by atoms with Gasteiger partial charge in [0, 0.05) is 16.7 Å². The Morgan fingerprint density at radius 3 is 1.97 bits per heavy atom. The predicted octanol–water partition coefficient (Wildman–Crippen LogP) is 5.63. The minimum absolute atomic E-state index is 0.117. The molecule has 1 heterocycles. The molecule has 0 aliphatic carbocycles. The molecule has 152 valence electrons. The molecular weight excluding hydrogens is 362 g/mol. The molecule has 0 spiro atoms. The molecule has 0 saturated carbocycles. The van der Waals surface area contributed by atoms with Gasteiger partial charge < -0.3 is 9.47 Å². The molecule has 3 rings (SSSR count). The first-order valence-corrected chi connectivity index (χ1v) is 9.81. The summed E-state index contributed by atoms with van der Waals surface area (Å²) in [5.74, 6) is 0.798. The van der Waals surface area contributed by atoms with Crippen LogP contribution in [0.2, 0.25) is 0 Å². The lowest BCUT2D eigenvalue weighted by molar-refractivity contribution is -0.129. The van der Waals surface area contributed by atoms with Crippen LogP contribution >= 0.6 is 0 Å². The molecule has 0 radical (unpaired) electrons. The zero-order chi connectivity index (χ0) is 21.4. The molecule has 0 unspecified atom stereocenters. The number of carbonyl (C=O) groups is 1. The molecule has 0 aromatic heterocycles. The second kappa shape index (κ2) is 7.51. The maximum Gasteiger partial charge on any atom is 0.363 e. The van der Waals surface area contributed by atoms with E-state index >= 15 is 0 Å². The van der Waals surface area contributed by atoms with Crippen LogP contribution < -0.4 is 4.74 Å². The molecule has 0 fully saturated rings. The number of esters is 1. The number of hydrogen-bond acceptors (Lipinski definition) is 4. The number of cyclic esters (lactones) is 1. The van der Waals surface area contributed by atoms with Gasteiger partial charge in [0.25, 0.3) is 0 Å². The molecule has 0 atom stereocenters. The molecule has 4 nitrogen and oxygen atoms in total. The third-order valence-corrected chi connectivity index (χ3v) is 4.88. The Hall–Kier alpha value is -2.88. The molecule has 1 aliphatic rings. The first kappa shape index (κ1) is 20.8. The number of nitrogens with zero attached hydrogens (tertiary/aromatic N) is 1. The molecule has 4 heteroatoms. The van der Waals surface area contributed by atoms with Gasteiger partial charge in [0.05, 0.1) is 7.11 Å². The van der Waals surface area contributed by atoms with Gasteiger partial charge in [-0.3, -0.25) is 0 Å². The first-order chi connectivity index (χ1) is 13.5. The fourth-order valence-electron chi connectivity index (χ4n) is 3.34. The van der Waals surface area contributed by atoms with Gasteiger partial charge in [-0.25, -0.2) is 9.79 Å². The van der Waals surface area contributed by atoms with Gasteiger partial charge in [0.2, 0.25) is 5.90 Å². The number of aliphatic imine (C=N–C) groups is 1. The van der Waals surface area contributed by atoms with E-state index in [0.717, 1.165) is 28.0 Å². The van der Waals surface area contributed by atoms with Gasteiger partial charge in [-0.15, -0.1) is 0 Å². The highest BCUT2D eigenvalue weighted by molar-refractivity contribution is 6.12. The van der Waals surface area contributed by atoms with E-state index in [9.17, 15) is 4.79 Å². The summed E-state index contributed by atoms with van der Waals surface area (Å²) in [6.07, 6.45) is 1.79. The standard InChI is InChI=1S/C25H29NO3/c1-24(2,3)18-13-16(14-19(21(18)28-7)25(4,5)6)15-20-23(27)29-22(26-20)17-11-9-8-10-12-17/h8-15H,1-7H3/b20-15+. The summed E-state index contributed by atoms with van der Waals surface area (Å²) < 4.78 is 11.2. The number of methoxy groups -OCH3 is 1. The average Bonchev–Trinajstić information content (AvgIpc) is 3.01. The Kier molecular flexibility index (Phi) is 5.40. The van der Waals surface area contributed by atoms with E-state index in [2.05, 4.69) is 58.7 Å². The smallest absolute Gasteiger partial charge is 0.363 e. The van der Waals surface area contributed by atoms with Crippen molar-refractivity contribution in [1.82, 2.24) is 0 Å². The van der Waals surface area contributed by atoms with Crippen molar-refractivity contribution in [2.24, 2.45) is 4.99 Å². The van der Waals surface area contributed by atoms with Crippen molar-refractivity contribution < 1.29 is 14.3 Å². The first-order valence-electron chi connectivity index (χ1n) is 9.81. The minimum atomic E-state index is -0.436. The predicted molar refractivity (Wildman–Crippen MR) is 117 cm³/mol. The summed E-state index contributed by atoms with van der Waals surface area (Å²) in [6.45, 7) is 12.9. The van der Waals surface area contributed by atoms with Crippen LogP contribution in [0.25, 0.3) is 6.08 Å².